The van der Waals surface area contributed by atoms with Crippen molar-refractivity contribution in [3.63, 3.8) is 0 Å². The summed E-state index contributed by atoms with van der Waals surface area (Å²) in [5.74, 6) is 0.450. The molecule has 0 saturated carbocycles. The summed E-state index contributed by atoms with van der Waals surface area (Å²) >= 11 is 3.09. The minimum Gasteiger partial charge on any atom is -0.370 e. The Bertz CT molecular complexity index is 1400. The zero-order chi connectivity index (χ0) is 24.7. The molecular weight excluding hydrogens is 476 g/mol. The number of carbonyl (C=O) groups is 1. The van der Waals surface area contributed by atoms with Gasteiger partial charge in [-0.15, -0.1) is 11.3 Å². The van der Waals surface area contributed by atoms with Gasteiger partial charge in [-0.05, 0) is 50.8 Å². The number of nitrogens with one attached hydrogen (secondary N) is 1. The third kappa shape index (κ3) is 4.92. The third-order valence-electron chi connectivity index (χ3n) is 6.18. The number of thiophene rings is 1. The van der Waals surface area contributed by atoms with E-state index in [1.807, 2.05) is 37.3 Å². The second-order valence-electron chi connectivity index (χ2n) is 10.1. The van der Waals surface area contributed by atoms with Crippen molar-refractivity contribution in [3.05, 3.63) is 53.5 Å². The predicted molar refractivity (Wildman–Crippen MR) is 144 cm³/mol. The van der Waals surface area contributed by atoms with Crippen LogP contribution in [0.2, 0.25) is 0 Å². The molecule has 1 amide bonds. The van der Waals surface area contributed by atoms with Crippen molar-refractivity contribution in [2.75, 3.05) is 5.32 Å². The van der Waals surface area contributed by atoms with Crippen molar-refractivity contribution in [3.8, 4) is 0 Å². The van der Waals surface area contributed by atoms with E-state index in [1.165, 1.54) is 22.9 Å². The Labute approximate surface area is 213 Å². The number of rotatable bonds is 6. The maximum absolute atomic E-state index is 12.8. The van der Waals surface area contributed by atoms with Gasteiger partial charge in [0, 0.05) is 28.8 Å². The second-order valence-corrected chi connectivity index (χ2v) is 12.4. The van der Waals surface area contributed by atoms with Gasteiger partial charge in [0.15, 0.2) is 0 Å². The minimum atomic E-state index is -0.316. The van der Waals surface area contributed by atoms with E-state index in [4.69, 9.17) is 14.7 Å². The number of fused-ring (bicyclic) bond motifs is 5. The second kappa shape index (κ2) is 9.48. The Morgan fingerprint density at radius 1 is 1.17 bits per heavy atom. The summed E-state index contributed by atoms with van der Waals surface area (Å²) in [6.07, 6.45) is 3.35. The predicted octanol–water partition coefficient (Wildman–Crippen LogP) is 6.41. The fourth-order valence-corrected chi connectivity index (χ4v) is 6.62. The highest BCUT2D eigenvalue weighted by Crippen LogP contribution is 2.43. The topological polar surface area (TPSA) is 77.0 Å². The van der Waals surface area contributed by atoms with Crippen LogP contribution in [0.5, 0.6) is 0 Å². The molecule has 6 nitrogen and oxygen atoms in total. The van der Waals surface area contributed by atoms with Crippen LogP contribution in [0.25, 0.3) is 20.4 Å². The first-order chi connectivity index (χ1) is 16.7. The highest BCUT2D eigenvalue weighted by Gasteiger charge is 2.32. The molecule has 0 saturated heterocycles. The Hall–Kier alpha value is -2.55. The lowest BCUT2D eigenvalue weighted by molar-refractivity contribution is -0.115. The van der Waals surface area contributed by atoms with Gasteiger partial charge in [0.2, 0.25) is 5.91 Å². The van der Waals surface area contributed by atoms with E-state index in [1.54, 1.807) is 17.7 Å². The smallest absolute Gasteiger partial charge is 0.237 e. The third-order valence-corrected chi connectivity index (χ3v) is 8.49. The largest absolute Gasteiger partial charge is 0.370 e. The Kier molecular flexibility index (Phi) is 6.55. The van der Waals surface area contributed by atoms with E-state index in [2.05, 4.69) is 38.0 Å². The SMILES string of the molecule is CC(C)Cc1nc2sc3c(SC(C)C(=O)Nc4ccccc4)ncnc3c2c2c1COC(C)(C)C2. The highest BCUT2D eigenvalue weighted by atomic mass is 32.2. The van der Waals surface area contributed by atoms with Gasteiger partial charge in [0.25, 0.3) is 0 Å². The number of para-hydroxylation sites is 1. The van der Waals surface area contributed by atoms with Gasteiger partial charge >= 0.3 is 0 Å². The molecule has 35 heavy (non-hydrogen) atoms. The molecule has 1 aliphatic heterocycles. The highest BCUT2D eigenvalue weighted by molar-refractivity contribution is 8.00. The molecular formula is C27H30N4O2S2. The monoisotopic (exact) mass is 506 g/mol. The number of amides is 1. The Morgan fingerprint density at radius 3 is 2.69 bits per heavy atom. The lowest BCUT2D eigenvalue weighted by atomic mass is 9.88. The molecule has 0 spiro atoms. The molecule has 4 heterocycles. The maximum atomic E-state index is 12.8. The number of ether oxygens (including phenoxy) is 1. The van der Waals surface area contributed by atoms with E-state index in [0.29, 0.717) is 12.5 Å². The van der Waals surface area contributed by atoms with Gasteiger partial charge in [-0.25, -0.2) is 15.0 Å². The summed E-state index contributed by atoms with van der Waals surface area (Å²) in [6, 6.07) is 9.52. The van der Waals surface area contributed by atoms with Crippen molar-refractivity contribution in [1.82, 2.24) is 15.0 Å². The average molecular weight is 507 g/mol. The first kappa shape index (κ1) is 24.2. The van der Waals surface area contributed by atoms with Crippen LogP contribution in [-0.2, 0) is 29.0 Å². The fourth-order valence-electron chi connectivity index (χ4n) is 4.48. The van der Waals surface area contributed by atoms with Gasteiger partial charge in [0.1, 0.15) is 16.2 Å². The van der Waals surface area contributed by atoms with Crippen LogP contribution in [0.15, 0.2) is 41.7 Å². The molecule has 1 N–H and O–H groups in total. The van der Waals surface area contributed by atoms with E-state index in [-0.39, 0.29) is 16.8 Å². The quantitative estimate of drug-likeness (QED) is 0.241. The number of carbonyl (C=O) groups excluding carboxylic acids is 1. The molecule has 4 aromatic rings. The Balaban J connectivity index is 1.55. The van der Waals surface area contributed by atoms with Gasteiger partial charge in [-0.1, -0.05) is 43.8 Å². The van der Waals surface area contributed by atoms with E-state index in [9.17, 15) is 4.79 Å². The summed E-state index contributed by atoms with van der Waals surface area (Å²) in [6.45, 7) is 11.2. The van der Waals surface area contributed by atoms with Crippen LogP contribution in [0, 0.1) is 5.92 Å². The lowest BCUT2D eigenvalue weighted by Crippen LogP contribution is -2.33. The van der Waals surface area contributed by atoms with Gasteiger partial charge in [-0.2, -0.15) is 0 Å². The molecule has 1 atom stereocenters. The number of hydrogen-bond donors (Lipinski definition) is 1. The van der Waals surface area contributed by atoms with Gasteiger partial charge in [0.05, 0.1) is 27.7 Å². The van der Waals surface area contributed by atoms with E-state index in [0.717, 1.165) is 49.7 Å². The molecule has 1 unspecified atom stereocenters. The number of aromatic nitrogens is 3. The van der Waals surface area contributed by atoms with Crippen molar-refractivity contribution < 1.29 is 9.53 Å². The van der Waals surface area contributed by atoms with Crippen molar-refractivity contribution in [2.24, 2.45) is 5.92 Å². The van der Waals surface area contributed by atoms with Crippen LogP contribution < -0.4 is 5.32 Å². The average Bonchev–Trinajstić information content (AvgIpc) is 3.18. The van der Waals surface area contributed by atoms with Gasteiger partial charge in [-0.3, -0.25) is 4.79 Å². The molecule has 1 aromatic carbocycles. The van der Waals surface area contributed by atoms with Gasteiger partial charge < -0.3 is 10.1 Å². The zero-order valence-corrected chi connectivity index (χ0v) is 22.3. The molecule has 0 aliphatic carbocycles. The van der Waals surface area contributed by atoms with Crippen molar-refractivity contribution >= 4 is 55.1 Å². The van der Waals surface area contributed by atoms with Crippen LogP contribution >= 0.6 is 23.1 Å². The van der Waals surface area contributed by atoms with Crippen LogP contribution in [0.1, 0.15) is 51.4 Å². The number of thioether (sulfide) groups is 1. The summed E-state index contributed by atoms with van der Waals surface area (Å²) in [7, 11) is 0. The standard InChI is InChI=1S/C27H30N4O2S2/c1-15(2)11-20-19-13-33-27(4,5)12-18(19)21-22-23(35-25(21)31-20)26(29-14-28-22)34-16(3)24(32)30-17-9-7-6-8-10-17/h6-10,14-16H,11-13H2,1-5H3,(H,30,32). The number of nitrogens with zero attached hydrogens (tertiary/aromatic N) is 3. The first-order valence-corrected chi connectivity index (χ1v) is 13.7. The number of pyridine rings is 1. The zero-order valence-electron chi connectivity index (χ0n) is 20.7. The fraction of sp³-hybridized carbons (Fsp3) is 0.407. The molecule has 5 rings (SSSR count). The number of benzene rings is 1. The molecule has 0 radical (unpaired) electrons. The minimum absolute atomic E-state index is 0.0531. The molecule has 8 heteroatoms. The Morgan fingerprint density at radius 2 is 1.94 bits per heavy atom. The summed E-state index contributed by atoms with van der Waals surface area (Å²) in [5, 5.41) is 4.61. The maximum Gasteiger partial charge on any atom is 0.237 e. The summed E-state index contributed by atoms with van der Waals surface area (Å²) in [4.78, 5) is 28.2. The summed E-state index contributed by atoms with van der Waals surface area (Å²) in [5.41, 5.74) is 5.13. The van der Waals surface area contributed by atoms with Crippen LogP contribution in [0.4, 0.5) is 5.69 Å². The summed E-state index contributed by atoms with van der Waals surface area (Å²) < 4.78 is 7.18. The molecule has 0 fully saturated rings. The van der Waals surface area contributed by atoms with Crippen molar-refractivity contribution in [1.29, 1.82) is 0 Å². The number of anilines is 1. The van der Waals surface area contributed by atoms with Crippen molar-refractivity contribution in [2.45, 2.75) is 69.9 Å². The first-order valence-electron chi connectivity index (χ1n) is 12.0. The molecule has 0 bridgehead atoms. The molecule has 3 aromatic heterocycles. The van der Waals surface area contributed by atoms with Crippen LogP contribution in [0.3, 0.4) is 0 Å². The van der Waals surface area contributed by atoms with Crippen LogP contribution in [-0.4, -0.2) is 31.7 Å². The van der Waals surface area contributed by atoms with E-state index < -0.39 is 0 Å². The normalized spacial score (nSPS) is 15.9. The molecule has 182 valence electrons. The van der Waals surface area contributed by atoms with E-state index >= 15 is 0 Å². The molecule has 1 aliphatic rings. The number of hydrogen-bond acceptors (Lipinski definition) is 7. The lowest BCUT2D eigenvalue weighted by Gasteiger charge is -2.33.